The molecule has 0 heterocycles. The first-order valence-electron chi connectivity index (χ1n) is 9.12. The summed E-state index contributed by atoms with van der Waals surface area (Å²) in [6.45, 7) is 4.40. The molecule has 4 aromatic carbocycles. The van der Waals surface area contributed by atoms with Gasteiger partial charge in [0.05, 0.1) is 0 Å². The van der Waals surface area contributed by atoms with Crippen LogP contribution in [0.3, 0.4) is 0 Å². The van der Waals surface area contributed by atoms with Crippen LogP contribution in [0.25, 0.3) is 10.8 Å². The van der Waals surface area contributed by atoms with Crippen molar-refractivity contribution in [3.8, 4) is 0 Å². The fourth-order valence-corrected chi connectivity index (χ4v) is 3.45. The van der Waals surface area contributed by atoms with Crippen molar-refractivity contribution in [1.82, 2.24) is 0 Å². The molecule has 1 unspecified atom stereocenters. The molecule has 0 spiro atoms. The van der Waals surface area contributed by atoms with Crippen LogP contribution in [0.5, 0.6) is 0 Å². The van der Waals surface area contributed by atoms with E-state index in [4.69, 9.17) is 0 Å². The van der Waals surface area contributed by atoms with E-state index in [-0.39, 0.29) is 0 Å². The first-order valence-corrected chi connectivity index (χ1v) is 9.12. The Balaban J connectivity index is 1.67. The third-order valence-electron chi connectivity index (χ3n) is 5.03. The number of fused-ring (bicyclic) bond motifs is 1. The van der Waals surface area contributed by atoms with Crippen molar-refractivity contribution >= 4 is 22.1 Å². The predicted molar refractivity (Wildman–Crippen MR) is 112 cm³/mol. The molecule has 128 valence electrons. The van der Waals surface area contributed by atoms with Gasteiger partial charge >= 0.3 is 0 Å². The summed E-state index contributed by atoms with van der Waals surface area (Å²) >= 11 is 0. The summed E-state index contributed by atoms with van der Waals surface area (Å²) in [5.41, 5.74) is 6.22. The topological polar surface area (TPSA) is 12.0 Å². The molecule has 0 bridgehead atoms. The van der Waals surface area contributed by atoms with Crippen molar-refractivity contribution in [2.75, 3.05) is 5.32 Å². The Morgan fingerprint density at radius 1 is 0.692 bits per heavy atom. The number of nitrogens with one attached hydrogen (secondary N) is 1. The highest BCUT2D eigenvalue weighted by molar-refractivity contribution is 5.86. The maximum Gasteiger partial charge on any atom is 0.0422 e. The summed E-state index contributed by atoms with van der Waals surface area (Å²) < 4.78 is 0. The monoisotopic (exact) mass is 337 g/mol. The quantitative estimate of drug-likeness (QED) is 0.421. The minimum absolute atomic E-state index is 0.333. The van der Waals surface area contributed by atoms with Crippen LogP contribution in [0.1, 0.15) is 29.5 Å². The normalized spacial score (nSPS) is 12.1. The second-order valence-corrected chi connectivity index (χ2v) is 6.91. The number of anilines is 2. The van der Waals surface area contributed by atoms with Gasteiger partial charge in [-0.25, -0.2) is 0 Å². The van der Waals surface area contributed by atoms with E-state index in [1.165, 1.54) is 27.5 Å². The van der Waals surface area contributed by atoms with Crippen LogP contribution in [0, 0.1) is 6.92 Å². The lowest BCUT2D eigenvalue weighted by Gasteiger charge is -2.18. The van der Waals surface area contributed by atoms with Crippen LogP contribution in [0.2, 0.25) is 0 Å². The van der Waals surface area contributed by atoms with Gasteiger partial charge in [-0.1, -0.05) is 85.3 Å². The molecule has 1 atom stereocenters. The van der Waals surface area contributed by atoms with Gasteiger partial charge in [-0.2, -0.15) is 0 Å². The average Bonchev–Trinajstić information content (AvgIpc) is 2.68. The third kappa shape index (κ3) is 3.34. The standard InChI is InChI=1S/C25H23N/c1-18-11-13-20(14-12-18)19(2)24-9-5-6-10-25(24)26-23-16-15-21-7-3-4-8-22(21)17-23/h3-17,19,26H,1-2H3. The van der Waals surface area contributed by atoms with Gasteiger partial charge in [-0.05, 0) is 47.0 Å². The third-order valence-corrected chi connectivity index (χ3v) is 5.03. The summed E-state index contributed by atoms with van der Waals surface area (Å²) in [5, 5.41) is 6.14. The molecular formula is C25H23N. The van der Waals surface area contributed by atoms with Gasteiger partial charge in [-0.15, -0.1) is 0 Å². The van der Waals surface area contributed by atoms with E-state index in [0.29, 0.717) is 5.92 Å². The number of rotatable bonds is 4. The van der Waals surface area contributed by atoms with E-state index in [2.05, 4.69) is 110 Å². The number of para-hydroxylation sites is 1. The fraction of sp³-hybridized carbons (Fsp3) is 0.120. The number of hydrogen-bond donors (Lipinski definition) is 1. The Morgan fingerprint density at radius 3 is 2.19 bits per heavy atom. The van der Waals surface area contributed by atoms with Gasteiger partial charge in [0.1, 0.15) is 0 Å². The van der Waals surface area contributed by atoms with Crippen molar-refractivity contribution in [3.63, 3.8) is 0 Å². The molecule has 0 aromatic heterocycles. The number of hydrogen-bond acceptors (Lipinski definition) is 1. The predicted octanol–water partition coefficient (Wildman–Crippen LogP) is 7.04. The minimum Gasteiger partial charge on any atom is -0.355 e. The SMILES string of the molecule is Cc1ccc(C(C)c2ccccc2Nc2ccc3ccccc3c2)cc1. The maximum atomic E-state index is 3.63. The zero-order valence-corrected chi connectivity index (χ0v) is 15.2. The fourth-order valence-electron chi connectivity index (χ4n) is 3.45. The molecule has 1 heteroatoms. The summed E-state index contributed by atoms with van der Waals surface area (Å²) in [6.07, 6.45) is 0. The molecular weight excluding hydrogens is 314 g/mol. The molecule has 0 aliphatic heterocycles. The first-order chi connectivity index (χ1) is 12.7. The molecule has 0 aliphatic rings. The lowest BCUT2D eigenvalue weighted by atomic mass is 9.91. The minimum atomic E-state index is 0.333. The molecule has 1 N–H and O–H groups in total. The zero-order chi connectivity index (χ0) is 17.9. The first kappa shape index (κ1) is 16.4. The van der Waals surface area contributed by atoms with Crippen LogP contribution in [-0.2, 0) is 0 Å². The van der Waals surface area contributed by atoms with Crippen molar-refractivity contribution in [3.05, 3.63) is 108 Å². The Morgan fingerprint density at radius 2 is 1.38 bits per heavy atom. The number of aryl methyl sites for hydroxylation is 1. The van der Waals surface area contributed by atoms with E-state index in [1.807, 2.05) is 0 Å². The Hall–Kier alpha value is -3.06. The molecule has 1 nitrogen and oxygen atoms in total. The second kappa shape index (κ2) is 7.05. The Labute approximate surface area is 155 Å². The van der Waals surface area contributed by atoms with Gasteiger partial charge in [-0.3, -0.25) is 0 Å². The summed E-state index contributed by atoms with van der Waals surface area (Å²) in [7, 11) is 0. The summed E-state index contributed by atoms with van der Waals surface area (Å²) in [6, 6.07) is 32.4. The number of benzene rings is 4. The highest BCUT2D eigenvalue weighted by atomic mass is 14.9. The smallest absolute Gasteiger partial charge is 0.0422 e. The van der Waals surface area contributed by atoms with Gasteiger partial charge in [0.15, 0.2) is 0 Å². The van der Waals surface area contributed by atoms with Crippen LogP contribution < -0.4 is 5.32 Å². The van der Waals surface area contributed by atoms with E-state index in [9.17, 15) is 0 Å². The molecule has 0 amide bonds. The van der Waals surface area contributed by atoms with Crippen molar-refractivity contribution in [1.29, 1.82) is 0 Å². The molecule has 0 radical (unpaired) electrons. The largest absolute Gasteiger partial charge is 0.355 e. The van der Waals surface area contributed by atoms with Gasteiger partial charge in [0.2, 0.25) is 0 Å². The van der Waals surface area contributed by atoms with Crippen LogP contribution >= 0.6 is 0 Å². The van der Waals surface area contributed by atoms with Gasteiger partial charge < -0.3 is 5.32 Å². The molecule has 26 heavy (non-hydrogen) atoms. The van der Waals surface area contributed by atoms with Crippen molar-refractivity contribution in [2.45, 2.75) is 19.8 Å². The van der Waals surface area contributed by atoms with Crippen LogP contribution in [-0.4, -0.2) is 0 Å². The highest BCUT2D eigenvalue weighted by Gasteiger charge is 2.12. The Kier molecular flexibility index (Phi) is 4.45. The lowest BCUT2D eigenvalue weighted by molar-refractivity contribution is 0.924. The van der Waals surface area contributed by atoms with Crippen LogP contribution in [0.4, 0.5) is 11.4 Å². The molecule has 4 rings (SSSR count). The zero-order valence-electron chi connectivity index (χ0n) is 15.2. The molecule has 0 saturated heterocycles. The van der Waals surface area contributed by atoms with E-state index < -0.39 is 0 Å². The van der Waals surface area contributed by atoms with Crippen molar-refractivity contribution < 1.29 is 0 Å². The average molecular weight is 337 g/mol. The molecule has 4 aromatic rings. The molecule has 0 saturated carbocycles. The molecule has 0 fully saturated rings. The Bertz CT molecular complexity index is 1030. The highest BCUT2D eigenvalue weighted by Crippen LogP contribution is 2.32. The van der Waals surface area contributed by atoms with Crippen LogP contribution in [0.15, 0.2) is 91.0 Å². The summed E-state index contributed by atoms with van der Waals surface area (Å²) in [5.74, 6) is 0.333. The summed E-state index contributed by atoms with van der Waals surface area (Å²) in [4.78, 5) is 0. The van der Waals surface area contributed by atoms with E-state index in [0.717, 1.165) is 11.4 Å². The van der Waals surface area contributed by atoms with Crippen molar-refractivity contribution in [2.24, 2.45) is 0 Å². The van der Waals surface area contributed by atoms with E-state index >= 15 is 0 Å². The lowest BCUT2D eigenvalue weighted by Crippen LogP contribution is -2.01. The van der Waals surface area contributed by atoms with E-state index in [1.54, 1.807) is 0 Å². The maximum absolute atomic E-state index is 3.63. The molecule has 0 aliphatic carbocycles. The van der Waals surface area contributed by atoms with Gasteiger partial charge in [0, 0.05) is 17.3 Å². The second-order valence-electron chi connectivity index (χ2n) is 6.91. The van der Waals surface area contributed by atoms with Gasteiger partial charge in [0.25, 0.3) is 0 Å².